The van der Waals surface area contributed by atoms with E-state index in [0.717, 1.165) is 0 Å². The lowest BCUT2D eigenvalue weighted by molar-refractivity contribution is -0.384. The normalized spacial score (nSPS) is 10.5. The molecule has 124 valence electrons. The number of aromatic hydroxyl groups is 1. The van der Waals surface area contributed by atoms with Crippen LogP contribution < -0.4 is 10.2 Å². The maximum atomic E-state index is 11.8. The van der Waals surface area contributed by atoms with E-state index in [2.05, 4.69) is 10.5 Å². The third-order valence-electron chi connectivity index (χ3n) is 3.10. The van der Waals surface area contributed by atoms with Crippen LogP contribution in [0.5, 0.6) is 11.5 Å². The Hall–Kier alpha value is -3.42. The maximum absolute atomic E-state index is 11.8. The number of rotatable bonds is 6. The van der Waals surface area contributed by atoms with Crippen molar-refractivity contribution in [1.29, 1.82) is 0 Å². The molecule has 0 bridgehead atoms. The number of amides is 1. The highest BCUT2D eigenvalue weighted by Gasteiger charge is 2.08. The Bertz CT molecular complexity index is 789. The number of phenolic OH excluding ortho intramolecular Hbond substituents is 1. The van der Waals surface area contributed by atoms with Crippen LogP contribution in [0.15, 0.2) is 47.6 Å². The standard InChI is InChI=1S/C16H15N3O5/c1-24-15-9-14(20)6-5-12(15)10-17-18-16(21)8-11-3-2-4-13(7-11)19(22)23/h2-7,9-10,20H,8H2,1H3,(H,18,21). The van der Waals surface area contributed by atoms with Gasteiger partial charge in [-0.2, -0.15) is 5.10 Å². The summed E-state index contributed by atoms with van der Waals surface area (Å²) in [6.45, 7) is 0. The number of carbonyl (C=O) groups is 1. The van der Waals surface area contributed by atoms with Crippen LogP contribution in [0.2, 0.25) is 0 Å². The van der Waals surface area contributed by atoms with Crippen molar-refractivity contribution >= 4 is 17.8 Å². The van der Waals surface area contributed by atoms with E-state index in [1.165, 1.54) is 43.7 Å². The molecule has 1 amide bonds. The largest absolute Gasteiger partial charge is 0.508 e. The summed E-state index contributed by atoms with van der Waals surface area (Å²) in [7, 11) is 1.45. The SMILES string of the molecule is COc1cc(O)ccc1C=NNC(=O)Cc1cccc([N+](=O)[O-])c1. The summed E-state index contributed by atoms with van der Waals surface area (Å²) in [4.78, 5) is 22.0. The van der Waals surface area contributed by atoms with Gasteiger partial charge in [-0.05, 0) is 17.7 Å². The van der Waals surface area contributed by atoms with E-state index in [1.807, 2.05) is 0 Å². The van der Waals surface area contributed by atoms with Gasteiger partial charge in [0.1, 0.15) is 11.5 Å². The Kier molecular flexibility index (Phi) is 5.45. The van der Waals surface area contributed by atoms with Crippen molar-refractivity contribution in [3.8, 4) is 11.5 Å². The highest BCUT2D eigenvalue weighted by Crippen LogP contribution is 2.22. The fraction of sp³-hybridized carbons (Fsp3) is 0.125. The monoisotopic (exact) mass is 329 g/mol. The Labute approximate surface area is 137 Å². The number of ether oxygens (including phenoxy) is 1. The summed E-state index contributed by atoms with van der Waals surface area (Å²) in [5, 5.41) is 23.9. The van der Waals surface area contributed by atoms with Crippen LogP contribution in [-0.4, -0.2) is 29.3 Å². The summed E-state index contributed by atoms with van der Waals surface area (Å²) in [6.07, 6.45) is 1.34. The van der Waals surface area contributed by atoms with Crippen molar-refractivity contribution in [3.63, 3.8) is 0 Å². The first kappa shape index (κ1) is 16.9. The predicted molar refractivity (Wildman–Crippen MR) is 87.2 cm³/mol. The molecule has 0 fully saturated rings. The van der Waals surface area contributed by atoms with Crippen molar-refractivity contribution in [3.05, 3.63) is 63.7 Å². The number of nitrogens with one attached hydrogen (secondary N) is 1. The van der Waals surface area contributed by atoms with Gasteiger partial charge in [-0.1, -0.05) is 12.1 Å². The Balaban J connectivity index is 1.98. The zero-order valence-corrected chi connectivity index (χ0v) is 12.8. The van der Waals surface area contributed by atoms with Gasteiger partial charge in [-0.3, -0.25) is 14.9 Å². The Morgan fingerprint density at radius 2 is 2.17 bits per heavy atom. The molecular weight excluding hydrogens is 314 g/mol. The molecule has 2 N–H and O–H groups in total. The smallest absolute Gasteiger partial charge is 0.269 e. The first-order valence-corrected chi connectivity index (χ1v) is 6.92. The topological polar surface area (TPSA) is 114 Å². The molecule has 0 spiro atoms. The van der Waals surface area contributed by atoms with Crippen molar-refractivity contribution in [2.45, 2.75) is 6.42 Å². The molecule has 24 heavy (non-hydrogen) atoms. The van der Waals surface area contributed by atoms with Gasteiger partial charge in [-0.15, -0.1) is 0 Å². The van der Waals surface area contributed by atoms with Gasteiger partial charge in [-0.25, -0.2) is 5.43 Å². The number of carbonyl (C=O) groups excluding carboxylic acids is 1. The molecule has 8 nitrogen and oxygen atoms in total. The molecule has 0 aliphatic carbocycles. The molecule has 2 aromatic carbocycles. The number of methoxy groups -OCH3 is 1. The van der Waals surface area contributed by atoms with Gasteiger partial charge in [0.25, 0.3) is 5.69 Å². The van der Waals surface area contributed by atoms with E-state index in [0.29, 0.717) is 16.9 Å². The van der Waals surface area contributed by atoms with Gasteiger partial charge >= 0.3 is 0 Å². The van der Waals surface area contributed by atoms with Crippen LogP contribution in [0.1, 0.15) is 11.1 Å². The molecule has 0 aromatic heterocycles. The Morgan fingerprint density at radius 3 is 2.88 bits per heavy atom. The van der Waals surface area contributed by atoms with Crippen molar-refractivity contribution in [2.24, 2.45) is 5.10 Å². The highest BCUT2D eigenvalue weighted by molar-refractivity contribution is 5.86. The molecule has 0 atom stereocenters. The molecule has 0 radical (unpaired) electrons. The number of non-ortho nitro benzene ring substituents is 1. The molecular formula is C16H15N3O5. The van der Waals surface area contributed by atoms with E-state index in [4.69, 9.17) is 4.74 Å². The van der Waals surface area contributed by atoms with Crippen LogP contribution in [0.25, 0.3) is 0 Å². The van der Waals surface area contributed by atoms with Crippen molar-refractivity contribution < 1.29 is 19.6 Å². The van der Waals surface area contributed by atoms with Crippen LogP contribution in [0.4, 0.5) is 5.69 Å². The van der Waals surface area contributed by atoms with E-state index >= 15 is 0 Å². The van der Waals surface area contributed by atoms with Crippen LogP contribution in [0.3, 0.4) is 0 Å². The number of hydrazone groups is 1. The lowest BCUT2D eigenvalue weighted by atomic mass is 10.1. The average molecular weight is 329 g/mol. The Morgan fingerprint density at radius 1 is 1.38 bits per heavy atom. The van der Waals surface area contributed by atoms with Gasteiger partial charge in [0.05, 0.1) is 24.7 Å². The number of hydrogen-bond donors (Lipinski definition) is 2. The average Bonchev–Trinajstić information content (AvgIpc) is 2.56. The zero-order valence-electron chi connectivity index (χ0n) is 12.8. The molecule has 0 aliphatic heterocycles. The van der Waals surface area contributed by atoms with Crippen LogP contribution in [0, 0.1) is 10.1 Å². The number of nitro benzene ring substituents is 1. The number of nitrogens with zero attached hydrogens (tertiary/aromatic N) is 2. The van der Waals surface area contributed by atoms with Crippen LogP contribution >= 0.6 is 0 Å². The first-order chi connectivity index (χ1) is 11.5. The molecule has 2 rings (SSSR count). The van der Waals surface area contributed by atoms with E-state index in [1.54, 1.807) is 12.1 Å². The summed E-state index contributed by atoms with van der Waals surface area (Å²) in [5.41, 5.74) is 3.35. The lowest BCUT2D eigenvalue weighted by Crippen LogP contribution is -2.19. The zero-order chi connectivity index (χ0) is 17.5. The summed E-state index contributed by atoms with van der Waals surface area (Å²) in [6, 6.07) is 10.3. The molecule has 0 heterocycles. The number of benzene rings is 2. The predicted octanol–water partition coefficient (Wildman–Crippen LogP) is 2.00. The quantitative estimate of drug-likeness (QED) is 0.478. The second-order valence-corrected chi connectivity index (χ2v) is 4.82. The number of nitro groups is 1. The highest BCUT2D eigenvalue weighted by atomic mass is 16.6. The van der Waals surface area contributed by atoms with Gasteiger partial charge in [0.2, 0.25) is 5.91 Å². The van der Waals surface area contributed by atoms with Crippen molar-refractivity contribution in [1.82, 2.24) is 5.43 Å². The molecule has 2 aromatic rings. The molecule has 0 saturated heterocycles. The third-order valence-corrected chi connectivity index (χ3v) is 3.10. The van der Waals surface area contributed by atoms with E-state index in [-0.39, 0.29) is 17.9 Å². The van der Waals surface area contributed by atoms with Crippen molar-refractivity contribution in [2.75, 3.05) is 7.11 Å². The first-order valence-electron chi connectivity index (χ1n) is 6.92. The summed E-state index contributed by atoms with van der Waals surface area (Å²) >= 11 is 0. The molecule has 0 saturated carbocycles. The molecule has 0 aliphatic rings. The second kappa shape index (κ2) is 7.73. The fourth-order valence-electron chi connectivity index (χ4n) is 1.99. The van der Waals surface area contributed by atoms with Gasteiger partial charge < -0.3 is 9.84 Å². The second-order valence-electron chi connectivity index (χ2n) is 4.82. The molecule has 8 heteroatoms. The minimum Gasteiger partial charge on any atom is -0.508 e. The van der Waals surface area contributed by atoms with E-state index < -0.39 is 10.8 Å². The third kappa shape index (κ3) is 4.54. The minimum atomic E-state index is -0.517. The fourth-order valence-corrected chi connectivity index (χ4v) is 1.99. The number of hydrogen-bond acceptors (Lipinski definition) is 6. The number of phenols is 1. The summed E-state index contributed by atoms with van der Waals surface area (Å²) < 4.78 is 5.09. The maximum Gasteiger partial charge on any atom is 0.269 e. The summed E-state index contributed by atoms with van der Waals surface area (Å²) in [5.74, 6) is 0.0508. The molecule has 0 unspecified atom stereocenters. The van der Waals surface area contributed by atoms with Crippen LogP contribution in [-0.2, 0) is 11.2 Å². The van der Waals surface area contributed by atoms with Gasteiger partial charge in [0.15, 0.2) is 0 Å². The van der Waals surface area contributed by atoms with Gasteiger partial charge in [0, 0.05) is 23.8 Å². The lowest BCUT2D eigenvalue weighted by Gasteiger charge is -2.05. The van der Waals surface area contributed by atoms with E-state index in [9.17, 15) is 20.0 Å². The minimum absolute atomic E-state index is 0.0360.